The monoisotopic (exact) mass is 290 g/mol. The summed E-state index contributed by atoms with van der Waals surface area (Å²) in [5, 5.41) is 1.10. The molecule has 0 radical (unpaired) electrons. The molecule has 1 heterocycles. The van der Waals surface area contributed by atoms with Crippen molar-refractivity contribution in [2.75, 3.05) is 0 Å². The number of aryl methyl sites for hydroxylation is 1. The molecular weight excluding hydrogens is 272 g/mol. The highest BCUT2D eigenvalue weighted by atomic mass is 16.1. The van der Waals surface area contributed by atoms with Gasteiger partial charge in [-0.1, -0.05) is 48.5 Å². The molecule has 0 aliphatic rings. The van der Waals surface area contributed by atoms with Crippen molar-refractivity contribution in [3.63, 3.8) is 0 Å². The number of carbonyl (C=O) groups excluding carboxylic acids is 1. The van der Waals surface area contributed by atoms with Crippen molar-refractivity contribution in [2.24, 2.45) is 5.73 Å². The normalized spacial score (nSPS) is 10.8. The summed E-state index contributed by atoms with van der Waals surface area (Å²) in [6, 6.07) is 18.2. The average Bonchev–Trinajstić information content (AvgIpc) is 2.54. The van der Waals surface area contributed by atoms with Gasteiger partial charge in [-0.3, -0.25) is 4.79 Å². The first-order valence-electron chi connectivity index (χ1n) is 7.39. The lowest BCUT2D eigenvalue weighted by Gasteiger charge is -2.14. The minimum atomic E-state index is -0.276. The van der Waals surface area contributed by atoms with Gasteiger partial charge in [0.2, 0.25) is 5.91 Å². The van der Waals surface area contributed by atoms with E-state index >= 15 is 0 Å². The molecular formula is C19H18N2O. The quantitative estimate of drug-likeness (QED) is 0.797. The smallest absolute Gasteiger partial charge is 0.217 e. The molecule has 3 rings (SSSR count). The zero-order valence-electron chi connectivity index (χ0n) is 12.5. The number of primary amides is 1. The number of fused-ring (bicyclic) bond motifs is 1. The SMILES string of the molecule is Cc1c(-c2ccccc2)nc2ccccc2c1CCC(N)=O. The Morgan fingerprint density at radius 2 is 1.73 bits per heavy atom. The molecule has 3 heteroatoms. The summed E-state index contributed by atoms with van der Waals surface area (Å²) in [5.74, 6) is -0.276. The Kier molecular flexibility index (Phi) is 3.88. The number of pyridine rings is 1. The van der Waals surface area contributed by atoms with Crippen LogP contribution >= 0.6 is 0 Å². The summed E-state index contributed by atoms with van der Waals surface area (Å²) in [4.78, 5) is 16.0. The van der Waals surface area contributed by atoms with Crippen LogP contribution in [0.1, 0.15) is 17.5 Å². The van der Waals surface area contributed by atoms with Crippen LogP contribution in [0.3, 0.4) is 0 Å². The van der Waals surface area contributed by atoms with Crippen molar-refractivity contribution in [3.8, 4) is 11.3 Å². The van der Waals surface area contributed by atoms with E-state index in [9.17, 15) is 4.79 Å². The van der Waals surface area contributed by atoms with Gasteiger partial charge in [0.1, 0.15) is 0 Å². The predicted octanol–water partition coefficient (Wildman–Crippen LogP) is 3.63. The van der Waals surface area contributed by atoms with E-state index in [4.69, 9.17) is 10.7 Å². The Hall–Kier alpha value is -2.68. The fourth-order valence-corrected chi connectivity index (χ4v) is 2.82. The largest absolute Gasteiger partial charge is 0.370 e. The molecule has 0 aliphatic heterocycles. The van der Waals surface area contributed by atoms with Crippen molar-refractivity contribution in [2.45, 2.75) is 19.8 Å². The van der Waals surface area contributed by atoms with E-state index in [1.54, 1.807) is 0 Å². The van der Waals surface area contributed by atoms with E-state index in [0.29, 0.717) is 12.8 Å². The zero-order chi connectivity index (χ0) is 15.5. The van der Waals surface area contributed by atoms with E-state index in [2.05, 4.69) is 25.1 Å². The highest BCUT2D eigenvalue weighted by Crippen LogP contribution is 2.30. The Balaban J connectivity index is 2.22. The highest BCUT2D eigenvalue weighted by Gasteiger charge is 2.13. The summed E-state index contributed by atoms with van der Waals surface area (Å²) in [7, 11) is 0. The topological polar surface area (TPSA) is 56.0 Å². The molecule has 0 spiro atoms. The first kappa shape index (κ1) is 14.3. The maximum Gasteiger partial charge on any atom is 0.217 e. The van der Waals surface area contributed by atoms with Gasteiger partial charge in [-0.2, -0.15) is 0 Å². The standard InChI is InChI=1S/C19H18N2O/c1-13-15(11-12-18(20)22)16-9-5-6-10-17(16)21-19(13)14-7-3-2-4-8-14/h2-10H,11-12H2,1H3,(H2,20,22). The zero-order valence-corrected chi connectivity index (χ0v) is 12.5. The Morgan fingerprint density at radius 3 is 2.45 bits per heavy atom. The third-order valence-corrected chi connectivity index (χ3v) is 3.94. The van der Waals surface area contributed by atoms with Crippen LogP contribution in [0.15, 0.2) is 54.6 Å². The minimum Gasteiger partial charge on any atom is -0.370 e. The molecule has 2 aromatic carbocycles. The minimum absolute atomic E-state index is 0.276. The third-order valence-electron chi connectivity index (χ3n) is 3.94. The van der Waals surface area contributed by atoms with Crippen molar-refractivity contribution in [3.05, 3.63) is 65.7 Å². The molecule has 0 saturated carbocycles. The molecule has 0 atom stereocenters. The van der Waals surface area contributed by atoms with Gasteiger partial charge in [-0.15, -0.1) is 0 Å². The second-order valence-corrected chi connectivity index (χ2v) is 5.41. The summed E-state index contributed by atoms with van der Waals surface area (Å²) in [5.41, 5.74) is 10.6. The molecule has 0 aliphatic carbocycles. The number of nitrogens with zero attached hydrogens (tertiary/aromatic N) is 1. The average molecular weight is 290 g/mol. The molecule has 22 heavy (non-hydrogen) atoms. The van der Waals surface area contributed by atoms with Crippen molar-refractivity contribution < 1.29 is 4.79 Å². The number of rotatable bonds is 4. The van der Waals surface area contributed by atoms with E-state index < -0.39 is 0 Å². The lowest BCUT2D eigenvalue weighted by atomic mass is 9.95. The summed E-state index contributed by atoms with van der Waals surface area (Å²) in [6.45, 7) is 2.07. The van der Waals surface area contributed by atoms with Crippen molar-refractivity contribution >= 4 is 16.8 Å². The first-order chi connectivity index (χ1) is 10.7. The van der Waals surface area contributed by atoms with Crippen LogP contribution < -0.4 is 5.73 Å². The Morgan fingerprint density at radius 1 is 1.05 bits per heavy atom. The van der Waals surface area contributed by atoms with E-state index in [-0.39, 0.29) is 5.91 Å². The molecule has 0 fully saturated rings. The predicted molar refractivity (Wildman–Crippen MR) is 89.4 cm³/mol. The Bertz CT molecular complexity index is 825. The van der Waals surface area contributed by atoms with Gasteiger partial charge in [-0.25, -0.2) is 4.98 Å². The molecule has 1 aromatic heterocycles. The van der Waals surface area contributed by atoms with Gasteiger partial charge in [-0.05, 0) is 30.5 Å². The number of hydrogen-bond acceptors (Lipinski definition) is 2. The van der Waals surface area contributed by atoms with Crippen LogP contribution in [-0.4, -0.2) is 10.9 Å². The second kappa shape index (κ2) is 5.98. The number of benzene rings is 2. The molecule has 1 amide bonds. The Labute approximate surface area is 129 Å². The first-order valence-corrected chi connectivity index (χ1v) is 7.39. The van der Waals surface area contributed by atoms with E-state index in [0.717, 1.165) is 33.3 Å². The third kappa shape index (κ3) is 2.70. The molecule has 0 saturated heterocycles. The number of nitrogens with two attached hydrogens (primary N) is 1. The van der Waals surface area contributed by atoms with Crippen LogP contribution in [0.25, 0.3) is 22.2 Å². The van der Waals surface area contributed by atoms with Gasteiger partial charge in [0, 0.05) is 17.4 Å². The molecule has 2 N–H and O–H groups in total. The van der Waals surface area contributed by atoms with Crippen LogP contribution in [0.2, 0.25) is 0 Å². The lowest BCUT2D eigenvalue weighted by Crippen LogP contribution is -2.12. The fraction of sp³-hybridized carbons (Fsp3) is 0.158. The van der Waals surface area contributed by atoms with Crippen LogP contribution in [0.5, 0.6) is 0 Å². The second-order valence-electron chi connectivity index (χ2n) is 5.41. The van der Waals surface area contributed by atoms with Gasteiger partial charge in [0.05, 0.1) is 11.2 Å². The van der Waals surface area contributed by atoms with Crippen LogP contribution in [0, 0.1) is 6.92 Å². The lowest BCUT2D eigenvalue weighted by molar-refractivity contribution is -0.117. The number of hydrogen-bond donors (Lipinski definition) is 1. The fourth-order valence-electron chi connectivity index (χ4n) is 2.82. The van der Waals surface area contributed by atoms with E-state index in [1.165, 1.54) is 0 Å². The van der Waals surface area contributed by atoms with Crippen molar-refractivity contribution in [1.82, 2.24) is 4.98 Å². The molecule has 3 aromatic rings. The summed E-state index contributed by atoms with van der Waals surface area (Å²) >= 11 is 0. The summed E-state index contributed by atoms with van der Waals surface area (Å²) < 4.78 is 0. The van der Waals surface area contributed by atoms with Gasteiger partial charge in [0.25, 0.3) is 0 Å². The van der Waals surface area contributed by atoms with Gasteiger partial charge >= 0.3 is 0 Å². The van der Waals surface area contributed by atoms with Crippen molar-refractivity contribution in [1.29, 1.82) is 0 Å². The number of amides is 1. The van der Waals surface area contributed by atoms with Crippen LogP contribution in [0.4, 0.5) is 0 Å². The van der Waals surface area contributed by atoms with E-state index in [1.807, 2.05) is 36.4 Å². The maximum absolute atomic E-state index is 11.2. The number of carbonyl (C=O) groups is 1. The molecule has 3 nitrogen and oxygen atoms in total. The molecule has 110 valence electrons. The maximum atomic E-state index is 11.2. The van der Waals surface area contributed by atoms with Crippen LogP contribution in [-0.2, 0) is 11.2 Å². The highest BCUT2D eigenvalue weighted by molar-refractivity contribution is 5.87. The van der Waals surface area contributed by atoms with Gasteiger partial charge in [0.15, 0.2) is 0 Å². The van der Waals surface area contributed by atoms with Gasteiger partial charge < -0.3 is 5.73 Å². The molecule has 0 bridgehead atoms. The molecule has 0 unspecified atom stereocenters. The number of aromatic nitrogens is 1. The number of para-hydroxylation sites is 1. The summed E-state index contributed by atoms with van der Waals surface area (Å²) in [6.07, 6.45) is 0.993.